The molecule has 5 heteroatoms. The van der Waals surface area contributed by atoms with Crippen molar-refractivity contribution in [1.29, 1.82) is 0 Å². The van der Waals surface area contributed by atoms with Crippen LogP contribution in [0.3, 0.4) is 0 Å². The summed E-state index contributed by atoms with van der Waals surface area (Å²) in [6.07, 6.45) is 3.67. The SMILES string of the molecule is CCOc1ccc(CCCC(=O)N/N=C/c2ccc(OCc3ccccc3)cc2)cc1. The lowest BCUT2D eigenvalue weighted by atomic mass is 10.1. The van der Waals surface area contributed by atoms with Crippen LogP contribution in [-0.4, -0.2) is 18.7 Å². The normalized spacial score (nSPS) is 10.7. The van der Waals surface area contributed by atoms with E-state index in [4.69, 9.17) is 9.47 Å². The van der Waals surface area contributed by atoms with Crippen LogP contribution in [0.25, 0.3) is 0 Å². The van der Waals surface area contributed by atoms with Crippen molar-refractivity contribution in [1.82, 2.24) is 5.43 Å². The minimum Gasteiger partial charge on any atom is -0.494 e. The lowest BCUT2D eigenvalue weighted by Gasteiger charge is -2.06. The first-order valence-electron chi connectivity index (χ1n) is 10.5. The number of carbonyl (C=O) groups excluding carboxylic acids is 1. The number of amides is 1. The minimum absolute atomic E-state index is 0.0926. The lowest BCUT2D eigenvalue weighted by molar-refractivity contribution is -0.121. The number of hydrazone groups is 1. The molecule has 1 amide bonds. The summed E-state index contributed by atoms with van der Waals surface area (Å²) in [5.74, 6) is 1.57. The molecule has 0 aromatic heterocycles. The molecule has 1 N–H and O–H groups in total. The number of nitrogens with zero attached hydrogens (tertiary/aromatic N) is 1. The number of aryl methyl sites for hydroxylation is 1. The number of nitrogens with one attached hydrogen (secondary N) is 1. The van der Waals surface area contributed by atoms with Crippen molar-refractivity contribution in [2.75, 3.05) is 6.61 Å². The minimum atomic E-state index is -0.0926. The molecule has 3 aromatic rings. The fourth-order valence-corrected chi connectivity index (χ4v) is 3.00. The van der Waals surface area contributed by atoms with E-state index >= 15 is 0 Å². The molecule has 0 radical (unpaired) electrons. The summed E-state index contributed by atoms with van der Waals surface area (Å²) in [5, 5.41) is 4.04. The van der Waals surface area contributed by atoms with Crippen molar-refractivity contribution in [2.24, 2.45) is 5.10 Å². The molecule has 3 aromatic carbocycles. The number of benzene rings is 3. The van der Waals surface area contributed by atoms with Gasteiger partial charge in [0.1, 0.15) is 18.1 Å². The Morgan fingerprint density at radius 3 is 2.26 bits per heavy atom. The highest BCUT2D eigenvalue weighted by Crippen LogP contribution is 2.14. The van der Waals surface area contributed by atoms with E-state index in [0.717, 1.165) is 35.5 Å². The Balaban J connectivity index is 1.35. The molecule has 31 heavy (non-hydrogen) atoms. The van der Waals surface area contributed by atoms with Crippen LogP contribution < -0.4 is 14.9 Å². The van der Waals surface area contributed by atoms with E-state index in [1.807, 2.05) is 85.8 Å². The summed E-state index contributed by atoms with van der Waals surface area (Å²) < 4.78 is 11.2. The molecule has 0 spiro atoms. The molecule has 0 heterocycles. The number of carbonyl (C=O) groups is 1. The molecule has 5 nitrogen and oxygen atoms in total. The van der Waals surface area contributed by atoms with Crippen LogP contribution in [0.2, 0.25) is 0 Å². The molecule has 0 fully saturated rings. The number of hydrogen-bond donors (Lipinski definition) is 1. The van der Waals surface area contributed by atoms with Gasteiger partial charge >= 0.3 is 0 Å². The molecule has 0 bridgehead atoms. The number of hydrogen-bond acceptors (Lipinski definition) is 4. The summed E-state index contributed by atoms with van der Waals surface area (Å²) in [5.41, 5.74) is 5.79. The summed E-state index contributed by atoms with van der Waals surface area (Å²) >= 11 is 0. The van der Waals surface area contributed by atoms with Gasteiger partial charge in [-0.1, -0.05) is 42.5 Å². The maximum absolute atomic E-state index is 12.0. The fraction of sp³-hybridized carbons (Fsp3) is 0.231. The largest absolute Gasteiger partial charge is 0.494 e. The Morgan fingerprint density at radius 2 is 1.55 bits per heavy atom. The van der Waals surface area contributed by atoms with Crippen molar-refractivity contribution < 1.29 is 14.3 Å². The van der Waals surface area contributed by atoms with E-state index in [1.165, 1.54) is 5.56 Å². The average molecular weight is 417 g/mol. The maximum atomic E-state index is 12.0. The third-order valence-electron chi connectivity index (χ3n) is 4.63. The van der Waals surface area contributed by atoms with E-state index in [2.05, 4.69) is 10.5 Å². The van der Waals surface area contributed by atoms with Gasteiger partial charge in [-0.2, -0.15) is 5.10 Å². The van der Waals surface area contributed by atoms with Crippen LogP contribution >= 0.6 is 0 Å². The lowest BCUT2D eigenvalue weighted by Crippen LogP contribution is -2.17. The molecule has 0 aliphatic heterocycles. The van der Waals surface area contributed by atoms with Crippen molar-refractivity contribution in [3.05, 3.63) is 95.6 Å². The zero-order valence-corrected chi connectivity index (χ0v) is 17.8. The zero-order chi connectivity index (χ0) is 21.7. The van der Waals surface area contributed by atoms with E-state index in [0.29, 0.717) is 19.6 Å². The highest BCUT2D eigenvalue weighted by molar-refractivity contribution is 5.82. The van der Waals surface area contributed by atoms with Gasteiger partial charge in [-0.15, -0.1) is 0 Å². The van der Waals surface area contributed by atoms with E-state index < -0.39 is 0 Å². The molecular formula is C26H28N2O3. The van der Waals surface area contributed by atoms with Gasteiger partial charge in [-0.25, -0.2) is 5.43 Å². The van der Waals surface area contributed by atoms with Crippen LogP contribution in [0.4, 0.5) is 0 Å². The van der Waals surface area contributed by atoms with Gasteiger partial charge in [0.15, 0.2) is 0 Å². The van der Waals surface area contributed by atoms with E-state index in [1.54, 1.807) is 6.21 Å². The van der Waals surface area contributed by atoms with Gasteiger partial charge in [0.25, 0.3) is 0 Å². The predicted molar refractivity (Wildman–Crippen MR) is 124 cm³/mol. The van der Waals surface area contributed by atoms with Gasteiger partial charge in [-0.3, -0.25) is 4.79 Å². The summed E-state index contributed by atoms with van der Waals surface area (Å²) in [6, 6.07) is 25.6. The second kappa shape index (κ2) is 12.2. The Kier molecular flexibility index (Phi) is 8.68. The van der Waals surface area contributed by atoms with Crippen LogP contribution in [0.15, 0.2) is 84.0 Å². The molecule has 0 unspecified atom stereocenters. The summed E-state index contributed by atoms with van der Waals surface area (Å²) in [7, 11) is 0. The number of rotatable bonds is 11. The van der Waals surface area contributed by atoms with Gasteiger partial charge in [0, 0.05) is 6.42 Å². The second-order valence-corrected chi connectivity index (χ2v) is 7.07. The molecule has 3 rings (SSSR count). The van der Waals surface area contributed by atoms with Crippen LogP contribution in [0.5, 0.6) is 11.5 Å². The highest BCUT2D eigenvalue weighted by Gasteiger charge is 2.01. The predicted octanol–water partition coefficient (Wildman–Crippen LogP) is 5.14. The molecule has 0 aliphatic carbocycles. The smallest absolute Gasteiger partial charge is 0.240 e. The van der Waals surface area contributed by atoms with E-state index in [-0.39, 0.29) is 5.91 Å². The second-order valence-electron chi connectivity index (χ2n) is 7.07. The maximum Gasteiger partial charge on any atom is 0.240 e. The van der Waals surface area contributed by atoms with Crippen molar-refractivity contribution in [2.45, 2.75) is 32.8 Å². The van der Waals surface area contributed by atoms with Crippen LogP contribution in [0.1, 0.15) is 36.5 Å². The van der Waals surface area contributed by atoms with Crippen LogP contribution in [0, 0.1) is 0 Å². The summed E-state index contributed by atoms with van der Waals surface area (Å²) in [4.78, 5) is 12.0. The Morgan fingerprint density at radius 1 is 0.871 bits per heavy atom. The number of ether oxygens (including phenoxy) is 2. The molecule has 0 saturated carbocycles. The average Bonchev–Trinajstić information content (AvgIpc) is 2.81. The standard InChI is InChI=1S/C26H28N2O3/c1-2-30-24-15-11-21(12-16-24)9-6-10-26(29)28-27-19-22-13-17-25(18-14-22)31-20-23-7-4-3-5-8-23/h3-5,7-8,11-19H,2,6,9-10,20H2,1H3,(H,28,29)/b27-19+. The fourth-order valence-electron chi connectivity index (χ4n) is 3.00. The Hall–Kier alpha value is -3.60. The topological polar surface area (TPSA) is 59.9 Å². The zero-order valence-electron chi connectivity index (χ0n) is 17.8. The molecule has 0 aliphatic rings. The monoisotopic (exact) mass is 416 g/mol. The van der Waals surface area contributed by atoms with Gasteiger partial charge in [-0.05, 0) is 72.9 Å². The molecular weight excluding hydrogens is 388 g/mol. The third kappa shape index (κ3) is 7.97. The Labute approximate surface area is 183 Å². The van der Waals surface area contributed by atoms with Crippen molar-refractivity contribution in [3.8, 4) is 11.5 Å². The first-order chi connectivity index (χ1) is 15.2. The summed E-state index contributed by atoms with van der Waals surface area (Å²) in [6.45, 7) is 3.15. The first-order valence-corrected chi connectivity index (χ1v) is 10.5. The van der Waals surface area contributed by atoms with Gasteiger partial charge in [0.05, 0.1) is 12.8 Å². The van der Waals surface area contributed by atoms with Gasteiger partial charge < -0.3 is 9.47 Å². The van der Waals surface area contributed by atoms with Crippen molar-refractivity contribution in [3.63, 3.8) is 0 Å². The first kappa shape index (κ1) is 22.1. The van der Waals surface area contributed by atoms with Crippen molar-refractivity contribution >= 4 is 12.1 Å². The Bertz CT molecular complexity index is 952. The molecule has 160 valence electrons. The molecule has 0 atom stereocenters. The van der Waals surface area contributed by atoms with E-state index in [9.17, 15) is 4.79 Å². The molecule has 0 saturated heterocycles. The van der Waals surface area contributed by atoms with Crippen LogP contribution in [-0.2, 0) is 17.8 Å². The highest BCUT2D eigenvalue weighted by atomic mass is 16.5. The third-order valence-corrected chi connectivity index (χ3v) is 4.63. The van der Waals surface area contributed by atoms with Gasteiger partial charge in [0.2, 0.25) is 5.91 Å². The quantitative estimate of drug-likeness (QED) is 0.348.